The van der Waals surface area contributed by atoms with E-state index in [0.717, 1.165) is 22.0 Å². The summed E-state index contributed by atoms with van der Waals surface area (Å²) in [6.07, 6.45) is 2.70. The van der Waals surface area contributed by atoms with Crippen molar-refractivity contribution in [3.63, 3.8) is 0 Å². The Kier molecular flexibility index (Phi) is 6.73. The van der Waals surface area contributed by atoms with Crippen LogP contribution in [0.15, 0.2) is 58.1 Å². The van der Waals surface area contributed by atoms with Gasteiger partial charge in [0.05, 0.1) is 12.1 Å². The maximum absolute atomic E-state index is 12.2. The van der Waals surface area contributed by atoms with Crippen molar-refractivity contribution >= 4 is 28.1 Å². The first kappa shape index (κ1) is 18.4. The number of rotatable bonds is 6. The Bertz CT molecular complexity index is 691. The summed E-state index contributed by atoms with van der Waals surface area (Å²) in [6, 6.07) is 16.0. The number of carbonyl (C=O) groups excluding carboxylic acids is 1. The molecule has 0 aliphatic heterocycles. The van der Waals surface area contributed by atoms with Gasteiger partial charge in [-0.1, -0.05) is 66.2 Å². The summed E-state index contributed by atoms with van der Waals surface area (Å²) in [5.41, 5.74) is 5.84. The third-order valence-electron chi connectivity index (χ3n) is 3.78. The summed E-state index contributed by atoms with van der Waals surface area (Å²) in [5.74, 6) is 0.282. The van der Waals surface area contributed by atoms with Crippen molar-refractivity contribution in [1.82, 2.24) is 5.43 Å². The van der Waals surface area contributed by atoms with Gasteiger partial charge in [0.1, 0.15) is 0 Å². The third kappa shape index (κ3) is 5.60. The van der Waals surface area contributed by atoms with Crippen LogP contribution in [0.5, 0.6) is 0 Å². The largest absolute Gasteiger partial charge is 0.272 e. The van der Waals surface area contributed by atoms with Gasteiger partial charge in [-0.2, -0.15) is 5.10 Å². The molecule has 0 aliphatic rings. The van der Waals surface area contributed by atoms with E-state index in [1.807, 2.05) is 43.3 Å². The molecule has 1 amide bonds. The van der Waals surface area contributed by atoms with E-state index in [9.17, 15) is 4.79 Å². The average molecular weight is 387 g/mol. The smallest absolute Gasteiger partial charge is 0.247 e. The number of nitrogens with zero attached hydrogens (tertiary/aromatic N) is 1. The molecule has 0 aliphatic carbocycles. The molecule has 0 fully saturated rings. The average Bonchev–Trinajstić information content (AvgIpc) is 2.56. The number of benzene rings is 2. The minimum absolute atomic E-state index is 0.111. The van der Waals surface area contributed by atoms with E-state index in [-0.39, 0.29) is 11.8 Å². The molecule has 1 N–H and O–H groups in total. The lowest BCUT2D eigenvalue weighted by Crippen LogP contribution is -2.23. The predicted octanol–water partition coefficient (Wildman–Crippen LogP) is 4.90. The molecule has 0 radical (unpaired) electrons. The Balaban J connectivity index is 1.92. The van der Waals surface area contributed by atoms with Crippen LogP contribution in [-0.2, 0) is 11.2 Å². The molecule has 0 aromatic heterocycles. The molecule has 0 spiro atoms. The van der Waals surface area contributed by atoms with Crippen LogP contribution < -0.4 is 5.43 Å². The van der Waals surface area contributed by atoms with E-state index in [0.29, 0.717) is 5.92 Å². The molecule has 1 atom stereocenters. The summed E-state index contributed by atoms with van der Waals surface area (Å²) in [4.78, 5) is 12.2. The Morgan fingerprint density at radius 3 is 2.29 bits per heavy atom. The summed E-state index contributed by atoms with van der Waals surface area (Å²) in [6.45, 7) is 6.29. The van der Waals surface area contributed by atoms with Gasteiger partial charge >= 0.3 is 0 Å². The number of hydrogen-bond acceptors (Lipinski definition) is 2. The first-order valence-corrected chi connectivity index (χ1v) is 8.92. The Morgan fingerprint density at radius 2 is 1.71 bits per heavy atom. The number of carbonyl (C=O) groups is 1. The zero-order valence-corrected chi connectivity index (χ0v) is 15.9. The highest BCUT2D eigenvalue weighted by Crippen LogP contribution is 2.17. The fourth-order valence-electron chi connectivity index (χ4n) is 2.38. The fourth-order valence-corrected chi connectivity index (χ4v) is 2.65. The van der Waals surface area contributed by atoms with Gasteiger partial charge in [-0.25, -0.2) is 5.43 Å². The lowest BCUT2D eigenvalue weighted by Gasteiger charge is -2.11. The summed E-state index contributed by atoms with van der Waals surface area (Å²) < 4.78 is 1.01. The van der Waals surface area contributed by atoms with E-state index in [1.54, 1.807) is 6.21 Å². The van der Waals surface area contributed by atoms with E-state index >= 15 is 0 Å². The van der Waals surface area contributed by atoms with Crippen LogP contribution in [0.4, 0.5) is 0 Å². The SMILES string of the molecule is CC(C)Cc1ccc([C@H](C)C(=O)N/N=C/c2ccc(Br)cc2)cc1. The molecule has 24 heavy (non-hydrogen) atoms. The van der Waals surface area contributed by atoms with Crippen molar-refractivity contribution in [1.29, 1.82) is 0 Å². The second-order valence-electron chi connectivity index (χ2n) is 6.35. The van der Waals surface area contributed by atoms with Gasteiger partial charge in [0.2, 0.25) is 5.91 Å². The molecule has 3 nitrogen and oxygen atoms in total. The highest BCUT2D eigenvalue weighted by Gasteiger charge is 2.14. The van der Waals surface area contributed by atoms with Crippen LogP contribution in [0.1, 0.15) is 43.4 Å². The van der Waals surface area contributed by atoms with Crippen molar-refractivity contribution in [2.75, 3.05) is 0 Å². The molecule has 2 rings (SSSR count). The Labute approximate surface area is 152 Å². The molecular formula is C20H23BrN2O. The quantitative estimate of drug-likeness (QED) is 0.556. The van der Waals surface area contributed by atoms with E-state index in [2.05, 4.69) is 52.4 Å². The third-order valence-corrected chi connectivity index (χ3v) is 4.30. The first-order chi connectivity index (χ1) is 11.5. The standard InChI is InChI=1S/C20H23BrN2O/c1-14(2)12-16-4-8-18(9-5-16)15(3)20(24)23-22-13-17-6-10-19(21)11-7-17/h4-11,13-15H,12H2,1-3H3,(H,23,24)/b22-13+/t15-/m0/s1. The van der Waals surface area contributed by atoms with Crippen LogP contribution in [0, 0.1) is 5.92 Å². The Hall–Kier alpha value is -1.94. The van der Waals surface area contributed by atoms with E-state index < -0.39 is 0 Å². The second-order valence-corrected chi connectivity index (χ2v) is 7.26. The molecule has 2 aromatic rings. The molecule has 2 aromatic carbocycles. The fraction of sp³-hybridized carbons (Fsp3) is 0.300. The highest BCUT2D eigenvalue weighted by molar-refractivity contribution is 9.10. The predicted molar refractivity (Wildman–Crippen MR) is 103 cm³/mol. The van der Waals surface area contributed by atoms with Crippen molar-refractivity contribution < 1.29 is 4.79 Å². The molecule has 126 valence electrons. The normalized spacial score (nSPS) is 12.5. The summed E-state index contributed by atoms with van der Waals surface area (Å²) in [7, 11) is 0. The molecule has 0 saturated carbocycles. The van der Waals surface area contributed by atoms with Gasteiger partial charge in [-0.15, -0.1) is 0 Å². The molecule has 0 saturated heterocycles. The zero-order valence-electron chi connectivity index (χ0n) is 14.3. The number of hydrogen-bond donors (Lipinski definition) is 1. The minimum atomic E-state index is -0.236. The maximum atomic E-state index is 12.2. The van der Waals surface area contributed by atoms with Gasteiger partial charge in [-0.05, 0) is 48.1 Å². The van der Waals surface area contributed by atoms with E-state index in [1.165, 1.54) is 5.56 Å². The first-order valence-electron chi connectivity index (χ1n) is 8.13. The summed E-state index contributed by atoms with van der Waals surface area (Å²) >= 11 is 3.39. The Morgan fingerprint density at radius 1 is 1.08 bits per heavy atom. The van der Waals surface area contributed by atoms with Gasteiger partial charge in [-0.3, -0.25) is 4.79 Å². The molecule has 0 bridgehead atoms. The number of amides is 1. The number of hydrazone groups is 1. The van der Waals surface area contributed by atoms with Crippen molar-refractivity contribution in [3.8, 4) is 0 Å². The topological polar surface area (TPSA) is 41.5 Å². The van der Waals surface area contributed by atoms with Gasteiger partial charge < -0.3 is 0 Å². The zero-order chi connectivity index (χ0) is 17.5. The summed E-state index contributed by atoms with van der Waals surface area (Å²) in [5, 5.41) is 4.03. The van der Waals surface area contributed by atoms with Crippen LogP contribution in [0.3, 0.4) is 0 Å². The van der Waals surface area contributed by atoms with Gasteiger partial charge in [0.15, 0.2) is 0 Å². The monoisotopic (exact) mass is 386 g/mol. The van der Waals surface area contributed by atoms with Crippen molar-refractivity contribution in [2.45, 2.75) is 33.1 Å². The van der Waals surface area contributed by atoms with Crippen molar-refractivity contribution in [2.24, 2.45) is 11.0 Å². The molecule has 4 heteroatoms. The van der Waals surface area contributed by atoms with Crippen LogP contribution in [0.2, 0.25) is 0 Å². The lowest BCUT2D eigenvalue weighted by molar-refractivity contribution is -0.122. The second kappa shape index (κ2) is 8.78. The van der Waals surface area contributed by atoms with Gasteiger partial charge in [0, 0.05) is 4.47 Å². The number of halogens is 1. The molecular weight excluding hydrogens is 364 g/mol. The molecule has 0 unspecified atom stereocenters. The van der Waals surface area contributed by atoms with Gasteiger partial charge in [0.25, 0.3) is 0 Å². The lowest BCUT2D eigenvalue weighted by atomic mass is 9.96. The van der Waals surface area contributed by atoms with Crippen LogP contribution in [-0.4, -0.2) is 12.1 Å². The maximum Gasteiger partial charge on any atom is 0.247 e. The van der Waals surface area contributed by atoms with Crippen LogP contribution in [0.25, 0.3) is 0 Å². The van der Waals surface area contributed by atoms with E-state index in [4.69, 9.17) is 0 Å². The minimum Gasteiger partial charge on any atom is -0.272 e. The van der Waals surface area contributed by atoms with Crippen LogP contribution >= 0.6 is 15.9 Å². The van der Waals surface area contributed by atoms with Crippen molar-refractivity contribution in [3.05, 3.63) is 69.7 Å². The molecule has 0 heterocycles. The highest BCUT2D eigenvalue weighted by atomic mass is 79.9. The number of nitrogens with one attached hydrogen (secondary N) is 1.